The van der Waals surface area contributed by atoms with E-state index in [-0.39, 0.29) is 5.91 Å². The molecule has 144 valence electrons. The molecule has 4 heterocycles. The number of nitrogens with one attached hydrogen (secondary N) is 1. The van der Waals surface area contributed by atoms with E-state index in [1.54, 1.807) is 12.4 Å². The maximum absolute atomic E-state index is 13.1. The molecule has 0 aliphatic carbocycles. The van der Waals surface area contributed by atoms with Crippen molar-refractivity contribution >= 4 is 16.9 Å². The summed E-state index contributed by atoms with van der Waals surface area (Å²) in [6.07, 6.45) is 5.70. The SMILES string of the molecule is O=C(c1cnc2c(cnn2Cc2ccccc2)c1)N1CC[C@@H]2CNC[C@@H]2CC1. The normalized spacial score (nSPS) is 22.2. The Morgan fingerprint density at radius 3 is 2.57 bits per heavy atom. The Labute approximate surface area is 164 Å². The van der Waals surface area contributed by atoms with Gasteiger partial charge in [-0.15, -0.1) is 0 Å². The average Bonchev–Trinajstić information content (AvgIpc) is 3.30. The van der Waals surface area contributed by atoms with Gasteiger partial charge in [0.1, 0.15) is 0 Å². The standard InChI is InChI=1S/C22H25N5O/c28-22(26-8-6-17-11-23-12-18(17)7-9-26)20-10-19-14-25-27(21(19)24-13-20)15-16-4-2-1-3-5-16/h1-5,10,13-14,17-18,23H,6-9,11-12,15H2/t17-,18+. The van der Waals surface area contributed by atoms with Crippen LogP contribution in [0.25, 0.3) is 11.0 Å². The topological polar surface area (TPSA) is 63.1 Å². The van der Waals surface area contributed by atoms with Gasteiger partial charge in [0, 0.05) is 24.7 Å². The van der Waals surface area contributed by atoms with Gasteiger partial charge in [-0.25, -0.2) is 9.67 Å². The van der Waals surface area contributed by atoms with Crippen LogP contribution in [-0.2, 0) is 6.54 Å². The number of carbonyl (C=O) groups excluding carboxylic acids is 1. The van der Waals surface area contributed by atoms with Gasteiger partial charge < -0.3 is 10.2 Å². The molecule has 6 heteroatoms. The summed E-state index contributed by atoms with van der Waals surface area (Å²) in [7, 11) is 0. The predicted octanol–water partition coefficient (Wildman–Crippen LogP) is 2.55. The molecule has 1 aromatic carbocycles. The molecule has 0 unspecified atom stereocenters. The maximum atomic E-state index is 13.1. The molecule has 0 bridgehead atoms. The van der Waals surface area contributed by atoms with Crippen LogP contribution in [0.2, 0.25) is 0 Å². The molecule has 2 fully saturated rings. The summed E-state index contributed by atoms with van der Waals surface area (Å²) in [4.78, 5) is 19.6. The third-order valence-corrected chi connectivity index (χ3v) is 6.20. The minimum atomic E-state index is 0.0955. The number of hydrogen-bond acceptors (Lipinski definition) is 4. The van der Waals surface area contributed by atoms with Crippen molar-refractivity contribution < 1.29 is 4.79 Å². The fourth-order valence-corrected chi connectivity index (χ4v) is 4.56. The second-order valence-electron chi connectivity index (χ2n) is 7.97. The number of fused-ring (bicyclic) bond motifs is 2. The first-order valence-electron chi connectivity index (χ1n) is 10.1. The number of nitrogens with zero attached hydrogens (tertiary/aromatic N) is 4. The van der Waals surface area contributed by atoms with Crippen molar-refractivity contribution in [3.8, 4) is 0 Å². The highest BCUT2D eigenvalue weighted by molar-refractivity contribution is 5.96. The Morgan fingerprint density at radius 1 is 1.07 bits per heavy atom. The van der Waals surface area contributed by atoms with Gasteiger partial charge >= 0.3 is 0 Å². The minimum Gasteiger partial charge on any atom is -0.339 e. The Balaban J connectivity index is 1.34. The first kappa shape index (κ1) is 17.4. The summed E-state index contributed by atoms with van der Waals surface area (Å²) in [6, 6.07) is 12.2. The van der Waals surface area contributed by atoms with Crippen molar-refractivity contribution in [3.05, 3.63) is 59.9 Å². The lowest BCUT2D eigenvalue weighted by Crippen LogP contribution is -2.32. The van der Waals surface area contributed by atoms with Crippen molar-refractivity contribution in [2.24, 2.45) is 11.8 Å². The molecule has 2 saturated heterocycles. The van der Waals surface area contributed by atoms with Gasteiger partial charge in [0.15, 0.2) is 5.65 Å². The Kier molecular flexibility index (Phi) is 4.56. The summed E-state index contributed by atoms with van der Waals surface area (Å²) in [5, 5.41) is 8.88. The van der Waals surface area contributed by atoms with Crippen LogP contribution >= 0.6 is 0 Å². The van der Waals surface area contributed by atoms with Crippen molar-refractivity contribution in [2.45, 2.75) is 19.4 Å². The maximum Gasteiger partial charge on any atom is 0.255 e. The first-order chi connectivity index (χ1) is 13.8. The quantitative estimate of drug-likeness (QED) is 0.764. The van der Waals surface area contributed by atoms with Crippen molar-refractivity contribution in [1.29, 1.82) is 0 Å². The summed E-state index contributed by atoms with van der Waals surface area (Å²) in [6.45, 7) is 4.55. The summed E-state index contributed by atoms with van der Waals surface area (Å²) in [5.41, 5.74) is 2.66. The van der Waals surface area contributed by atoms with Crippen LogP contribution in [0.4, 0.5) is 0 Å². The van der Waals surface area contributed by atoms with Crippen molar-refractivity contribution in [2.75, 3.05) is 26.2 Å². The molecule has 0 spiro atoms. The predicted molar refractivity (Wildman–Crippen MR) is 108 cm³/mol. The Hall–Kier alpha value is -2.73. The summed E-state index contributed by atoms with van der Waals surface area (Å²) < 4.78 is 1.89. The van der Waals surface area contributed by atoms with E-state index in [0.717, 1.165) is 61.9 Å². The van der Waals surface area contributed by atoms with Crippen molar-refractivity contribution in [3.63, 3.8) is 0 Å². The van der Waals surface area contributed by atoms with E-state index in [1.807, 2.05) is 33.8 Å². The molecule has 2 aliphatic rings. The molecular formula is C22H25N5O. The van der Waals surface area contributed by atoms with E-state index in [2.05, 4.69) is 27.5 Å². The first-order valence-corrected chi connectivity index (χ1v) is 10.1. The van der Waals surface area contributed by atoms with Crippen LogP contribution in [0.5, 0.6) is 0 Å². The molecule has 0 radical (unpaired) electrons. The van der Waals surface area contributed by atoms with Crippen molar-refractivity contribution in [1.82, 2.24) is 25.0 Å². The van der Waals surface area contributed by atoms with E-state index in [0.29, 0.717) is 12.1 Å². The van der Waals surface area contributed by atoms with E-state index in [9.17, 15) is 4.79 Å². The third-order valence-electron chi connectivity index (χ3n) is 6.20. The highest BCUT2D eigenvalue weighted by Crippen LogP contribution is 2.28. The second-order valence-corrected chi connectivity index (χ2v) is 7.97. The monoisotopic (exact) mass is 375 g/mol. The lowest BCUT2D eigenvalue weighted by atomic mass is 9.92. The van der Waals surface area contributed by atoms with Crippen LogP contribution < -0.4 is 5.32 Å². The number of benzene rings is 1. The van der Waals surface area contributed by atoms with Crippen LogP contribution in [0, 0.1) is 11.8 Å². The molecule has 3 aromatic rings. The molecule has 2 aromatic heterocycles. The van der Waals surface area contributed by atoms with E-state index in [1.165, 1.54) is 5.56 Å². The number of hydrogen-bond donors (Lipinski definition) is 1. The number of aromatic nitrogens is 3. The van der Waals surface area contributed by atoms with Gasteiger partial charge in [-0.05, 0) is 49.4 Å². The number of pyridine rings is 1. The molecule has 6 nitrogen and oxygen atoms in total. The molecule has 0 saturated carbocycles. The Bertz CT molecular complexity index is 969. The highest BCUT2D eigenvalue weighted by Gasteiger charge is 2.31. The van der Waals surface area contributed by atoms with Crippen LogP contribution in [0.1, 0.15) is 28.8 Å². The van der Waals surface area contributed by atoms with Gasteiger partial charge in [-0.1, -0.05) is 30.3 Å². The van der Waals surface area contributed by atoms with Gasteiger partial charge in [0.2, 0.25) is 0 Å². The molecule has 5 rings (SSSR count). The minimum absolute atomic E-state index is 0.0955. The fourth-order valence-electron chi connectivity index (χ4n) is 4.56. The molecule has 2 aliphatic heterocycles. The highest BCUT2D eigenvalue weighted by atomic mass is 16.2. The zero-order valence-electron chi connectivity index (χ0n) is 15.9. The summed E-state index contributed by atoms with van der Waals surface area (Å²) >= 11 is 0. The number of amides is 1. The molecule has 2 atom stereocenters. The van der Waals surface area contributed by atoms with Gasteiger partial charge in [0.05, 0.1) is 18.3 Å². The smallest absolute Gasteiger partial charge is 0.255 e. The van der Waals surface area contributed by atoms with Crippen LogP contribution in [-0.4, -0.2) is 51.8 Å². The van der Waals surface area contributed by atoms with Gasteiger partial charge in [-0.2, -0.15) is 5.10 Å². The molecular weight excluding hydrogens is 350 g/mol. The number of likely N-dealkylation sites (tertiary alicyclic amines) is 1. The zero-order valence-corrected chi connectivity index (χ0v) is 15.9. The van der Waals surface area contributed by atoms with Gasteiger partial charge in [-0.3, -0.25) is 4.79 Å². The number of carbonyl (C=O) groups is 1. The molecule has 1 amide bonds. The zero-order chi connectivity index (χ0) is 18.9. The summed E-state index contributed by atoms with van der Waals surface area (Å²) in [5.74, 6) is 1.53. The average molecular weight is 375 g/mol. The number of rotatable bonds is 3. The molecule has 28 heavy (non-hydrogen) atoms. The van der Waals surface area contributed by atoms with Gasteiger partial charge in [0.25, 0.3) is 5.91 Å². The van der Waals surface area contributed by atoms with Crippen LogP contribution in [0.15, 0.2) is 48.8 Å². The van der Waals surface area contributed by atoms with E-state index in [4.69, 9.17) is 0 Å². The van der Waals surface area contributed by atoms with E-state index < -0.39 is 0 Å². The lowest BCUT2D eigenvalue weighted by molar-refractivity contribution is 0.0758. The lowest BCUT2D eigenvalue weighted by Gasteiger charge is -2.20. The third kappa shape index (κ3) is 3.29. The second kappa shape index (κ2) is 7.36. The Morgan fingerprint density at radius 2 is 1.82 bits per heavy atom. The van der Waals surface area contributed by atoms with E-state index >= 15 is 0 Å². The largest absolute Gasteiger partial charge is 0.339 e. The molecule has 1 N–H and O–H groups in total. The van der Waals surface area contributed by atoms with Crippen LogP contribution in [0.3, 0.4) is 0 Å². The fraction of sp³-hybridized carbons (Fsp3) is 0.409.